The maximum atomic E-state index is 13.9. The molecule has 1 saturated heterocycles. The number of halogens is 1. The van der Waals surface area contributed by atoms with Crippen molar-refractivity contribution in [2.75, 3.05) is 4.90 Å². The van der Waals surface area contributed by atoms with Gasteiger partial charge in [-0.3, -0.25) is 9.59 Å². The number of carbonyl (C=O) groups is 2. The summed E-state index contributed by atoms with van der Waals surface area (Å²) in [6, 6.07) is 24.3. The highest BCUT2D eigenvalue weighted by Crippen LogP contribution is 2.65. The van der Waals surface area contributed by atoms with Gasteiger partial charge in [-0.15, -0.1) is 0 Å². The van der Waals surface area contributed by atoms with Gasteiger partial charge in [0.25, 0.3) is 0 Å². The van der Waals surface area contributed by atoms with Crippen LogP contribution in [0, 0.1) is 11.8 Å². The highest BCUT2D eigenvalue weighted by molar-refractivity contribution is 9.10. The van der Waals surface area contributed by atoms with Crippen molar-refractivity contribution in [3.63, 3.8) is 0 Å². The van der Waals surface area contributed by atoms with Gasteiger partial charge in [-0.2, -0.15) is 0 Å². The number of imide groups is 1. The maximum Gasteiger partial charge on any atom is 0.238 e. The zero-order valence-electron chi connectivity index (χ0n) is 16.5. The summed E-state index contributed by atoms with van der Waals surface area (Å²) in [5.74, 6) is -0.936. The second-order valence-corrected chi connectivity index (χ2v) is 9.38. The van der Waals surface area contributed by atoms with Crippen LogP contribution in [0.1, 0.15) is 41.5 Å². The fourth-order valence-electron chi connectivity index (χ4n) is 6.37. The van der Waals surface area contributed by atoms with Gasteiger partial charge in [-0.1, -0.05) is 71.4 Å². The Morgan fingerprint density at radius 2 is 1.40 bits per heavy atom. The molecule has 4 heteroatoms. The third kappa shape index (κ3) is 2.00. The Balaban J connectivity index is 1.63. The SMILES string of the molecule is CCC12c3ccccc3C(c3ccccc31)[C@H]1C(=O)N(c3ccc(Br)cc3)C(=O)[C@@H]12. The van der Waals surface area contributed by atoms with Crippen LogP contribution in [-0.4, -0.2) is 11.8 Å². The molecule has 4 aliphatic rings. The van der Waals surface area contributed by atoms with Gasteiger partial charge >= 0.3 is 0 Å². The average Bonchev–Trinajstić information content (AvgIpc) is 3.05. The Kier molecular flexibility index (Phi) is 3.70. The minimum absolute atomic E-state index is 0.0665. The number of hydrogen-bond donors (Lipinski definition) is 0. The van der Waals surface area contributed by atoms with Crippen LogP contribution in [0.15, 0.2) is 77.3 Å². The number of amides is 2. The monoisotopic (exact) mass is 457 g/mol. The Morgan fingerprint density at radius 1 is 0.833 bits per heavy atom. The van der Waals surface area contributed by atoms with E-state index in [1.165, 1.54) is 27.2 Å². The van der Waals surface area contributed by atoms with Gasteiger partial charge in [0.05, 0.1) is 17.5 Å². The summed E-state index contributed by atoms with van der Waals surface area (Å²) in [5.41, 5.74) is 5.04. The highest BCUT2D eigenvalue weighted by Gasteiger charge is 2.67. The molecule has 7 rings (SSSR count). The Labute approximate surface area is 183 Å². The minimum atomic E-state index is -0.469. The molecule has 1 heterocycles. The molecule has 0 aromatic heterocycles. The van der Waals surface area contributed by atoms with Crippen LogP contribution in [0.25, 0.3) is 0 Å². The van der Waals surface area contributed by atoms with Crippen LogP contribution in [-0.2, 0) is 15.0 Å². The first-order valence-corrected chi connectivity index (χ1v) is 11.2. The smallest absolute Gasteiger partial charge is 0.238 e. The van der Waals surface area contributed by atoms with Gasteiger partial charge in [0.2, 0.25) is 11.8 Å². The van der Waals surface area contributed by atoms with Gasteiger partial charge in [0, 0.05) is 15.8 Å². The molecule has 3 aromatic carbocycles. The fourth-order valence-corrected chi connectivity index (χ4v) is 6.64. The molecule has 0 spiro atoms. The lowest BCUT2D eigenvalue weighted by atomic mass is 9.46. The van der Waals surface area contributed by atoms with E-state index in [9.17, 15) is 9.59 Å². The van der Waals surface area contributed by atoms with Crippen molar-refractivity contribution in [1.29, 1.82) is 0 Å². The van der Waals surface area contributed by atoms with Crippen LogP contribution in [0.4, 0.5) is 5.69 Å². The predicted molar refractivity (Wildman–Crippen MR) is 119 cm³/mol. The van der Waals surface area contributed by atoms with Crippen LogP contribution < -0.4 is 4.90 Å². The molecule has 2 bridgehead atoms. The van der Waals surface area contributed by atoms with E-state index in [2.05, 4.69) is 59.3 Å². The predicted octanol–water partition coefficient (Wildman–Crippen LogP) is 5.41. The number of carbonyl (C=O) groups excluding carboxylic acids is 2. The fraction of sp³-hybridized carbons (Fsp3) is 0.231. The standard InChI is InChI=1S/C26H20BrNO2/c1-2-26-19-9-5-3-7-17(19)21(18-8-4-6-10-20(18)26)22-23(26)25(30)28(24(22)29)16-13-11-15(27)12-14-16/h3-14,21-23H,2H2,1H3/t21?,22-,23-,26?/m1/s1. The zero-order chi connectivity index (χ0) is 20.6. The third-order valence-electron chi connectivity index (χ3n) is 7.44. The first kappa shape index (κ1) is 18.1. The lowest BCUT2D eigenvalue weighted by molar-refractivity contribution is -0.123. The van der Waals surface area contributed by atoms with Crippen molar-refractivity contribution in [3.05, 3.63) is 99.5 Å². The normalized spacial score (nSPS) is 28.3. The Hall–Kier alpha value is -2.72. The number of nitrogens with zero attached hydrogens (tertiary/aromatic N) is 1. The van der Waals surface area contributed by atoms with Crippen LogP contribution >= 0.6 is 15.9 Å². The summed E-state index contributed by atoms with van der Waals surface area (Å²) in [4.78, 5) is 29.1. The highest BCUT2D eigenvalue weighted by atomic mass is 79.9. The van der Waals surface area contributed by atoms with E-state index in [0.717, 1.165) is 10.9 Å². The quantitative estimate of drug-likeness (QED) is 0.482. The van der Waals surface area contributed by atoms with E-state index in [1.807, 2.05) is 36.4 Å². The molecule has 148 valence electrons. The molecular weight excluding hydrogens is 438 g/mol. The van der Waals surface area contributed by atoms with Crippen molar-refractivity contribution in [3.8, 4) is 0 Å². The maximum absolute atomic E-state index is 13.9. The Bertz CT molecular complexity index is 1170. The van der Waals surface area contributed by atoms with Gasteiger partial charge in [0.15, 0.2) is 0 Å². The Morgan fingerprint density at radius 3 is 1.97 bits per heavy atom. The summed E-state index contributed by atoms with van der Waals surface area (Å²) in [6.07, 6.45) is 0.780. The van der Waals surface area contributed by atoms with Crippen molar-refractivity contribution in [2.45, 2.75) is 24.7 Å². The summed E-state index contributed by atoms with van der Waals surface area (Å²) >= 11 is 3.44. The van der Waals surface area contributed by atoms with Gasteiger partial charge in [-0.25, -0.2) is 4.90 Å². The van der Waals surface area contributed by atoms with Crippen molar-refractivity contribution in [1.82, 2.24) is 0 Å². The lowest BCUT2D eigenvalue weighted by Gasteiger charge is -2.54. The topological polar surface area (TPSA) is 37.4 Å². The average molecular weight is 458 g/mol. The van der Waals surface area contributed by atoms with E-state index in [0.29, 0.717) is 5.69 Å². The molecule has 3 nitrogen and oxygen atoms in total. The zero-order valence-corrected chi connectivity index (χ0v) is 18.1. The first-order valence-electron chi connectivity index (χ1n) is 10.4. The summed E-state index contributed by atoms with van der Waals surface area (Å²) < 4.78 is 0.924. The van der Waals surface area contributed by atoms with E-state index in [-0.39, 0.29) is 29.6 Å². The molecule has 2 atom stereocenters. The molecule has 1 fully saturated rings. The van der Waals surface area contributed by atoms with Crippen LogP contribution in [0.5, 0.6) is 0 Å². The van der Waals surface area contributed by atoms with Crippen molar-refractivity contribution in [2.24, 2.45) is 11.8 Å². The molecule has 3 aliphatic carbocycles. The van der Waals surface area contributed by atoms with E-state index < -0.39 is 5.41 Å². The third-order valence-corrected chi connectivity index (χ3v) is 7.97. The second-order valence-electron chi connectivity index (χ2n) is 8.47. The van der Waals surface area contributed by atoms with Gasteiger partial charge in [0.1, 0.15) is 0 Å². The number of hydrogen-bond acceptors (Lipinski definition) is 2. The van der Waals surface area contributed by atoms with Crippen molar-refractivity contribution >= 4 is 33.4 Å². The number of rotatable bonds is 2. The molecule has 0 unspecified atom stereocenters. The molecular formula is C26H20BrNO2. The van der Waals surface area contributed by atoms with Crippen LogP contribution in [0.2, 0.25) is 0 Å². The largest absolute Gasteiger partial charge is 0.274 e. The van der Waals surface area contributed by atoms with Crippen molar-refractivity contribution < 1.29 is 9.59 Å². The number of benzene rings is 3. The van der Waals surface area contributed by atoms with E-state index in [4.69, 9.17) is 0 Å². The first-order chi connectivity index (χ1) is 14.6. The summed E-state index contributed by atoms with van der Waals surface area (Å²) in [5, 5.41) is 0. The van der Waals surface area contributed by atoms with E-state index in [1.54, 1.807) is 0 Å². The molecule has 3 aromatic rings. The molecule has 0 radical (unpaired) electrons. The molecule has 0 saturated carbocycles. The van der Waals surface area contributed by atoms with E-state index >= 15 is 0 Å². The minimum Gasteiger partial charge on any atom is -0.274 e. The van der Waals surface area contributed by atoms with Crippen LogP contribution in [0.3, 0.4) is 0 Å². The summed E-state index contributed by atoms with van der Waals surface area (Å²) in [7, 11) is 0. The molecule has 30 heavy (non-hydrogen) atoms. The molecule has 0 N–H and O–H groups in total. The summed E-state index contributed by atoms with van der Waals surface area (Å²) in [6.45, 7) is 2.15. The molecule has 1 aliphatic heterocycles. The van der Waals surface area contributed by atoms with Gasteiger partial charge < -0.3 is 0 Å². The second kappa shape index (κ2) is 6.14. The molecule has 2 amide bonds. The lowest BCUT2D eigenvalue weighted by Crippen LogP contribution is -2.53. The number of anilines is 1. The van der Waals surface area contributed by atoms with Gasteiger partial charge in [-0.05, 0) is 52.9 Å².